The van der Waals surface area contributed by atoms with Crippen LogP contribution in [0.25, 0.3) is 0 Å². The van der Waals surface area contributed by atoms with Gasteiger partial charge >= 0.3 is 18.0 Å². The van der Waals surface area contributed by atoms with Crippen molar-refractivity contribution in [3.8, 4) is 0 Å². The van der Waals surface area contributed by atoms with E-state index in [0.717, 1.165) is 11.1 Å². The summed E-state index contributed by atoms with van der Waals surface area (Å²) in [5.41, 5.74) is 0.596. The highest BCUT2D eigenvalue weighted by molar-refractivity contribution is 6.08. The Labute approximate surface area is 192 Å². The number of esters is 2. The van der Waals surface area contributed by atoms with Crippen LogP contribution in [0.2, 0.25) is 0 Å². The van der Waals surface area contributed by atoms with Crippen LogP contribution < -0.4 is 0 Å². The maximum Gasteiger partial charge on any atom is 0.417 e. The van der Waals surface area contributed by atoms with Crippen molar-refractivity contribution in [2.24, 2.45) is 5.92 Å². The molecule has 1 heterocycles. The van der Waals surface area contributed by atoms with Gasteiger partial charge in [-0.05, 0) is 31.9 Å². The molecule has 3 rings (SSSR count). The third-order valence-electron chi connectivity index (χ3n) is 4.90. The summed E-state index contributed by atoms with van der Waals surface area (Å²) in [5, 5.41) is 0. The van der Waals surface area contributed by atoms with Crippen LogP contribution in [0.1, 0.15) is 38.3 Å². The van der Waals surface area contributed by atoms with Crippen molar-refractivity contribution in [1.82, 2.24) is 4.90 Å². The zero-order chi connectivity index (χ0) is 24.0. The van der Waals surface area contributed by atoms with Gasteiger partial charge in [-0.3, -0.25) is 9.59 Å². The molecule has 0 radical (unpaired) electrons. The molecule has 1 fully saturated rings. The minimum atomic E-state index is -1.31. The van der Waals surface area contributed by atoms with Crippen LogP contribution in [-0.2, 0) is 41.8 Å². The quantitative estimate of drug-likeness (QED) is 0.374. The average molecular weight is 453 g/mol. The fourth-order valence-corrected chi connectivity index (χ4v) is 3.33. The number of carbonyl (C=O) groups excluding carboxylic acids is 4. The SMILES string of the molecule is CC(C)(C)OC(=O)N1C(=O)C(C(=O)OCc2ccccc2)C[C@H]1C(=O)OCc1ccccc1. The van der Waals surface area contributed by atoms with E-state index in [9.17, 15) is 19.2 Å². The molecular weight excluding hydrogens is 426 g/mol. The summed E-state index contributed by atoms with van der Waals surface area (Å²) in [6, 6.07) is 16.7. The standard InChI is InChI=1S/C25H27NO7/c1-25(2,3)33-24(30)26-20(23(29)32-16-18-12-8-5-9-13-18)14-19(21(26)27)22(28)31-15-17-10-6-4-7-11-17/h4-13,19-20H,14-16H2,1-3H3/t19?,20-/m0/s1. The highest BCUT2D eigenvalue weighted by Gasteiger charge is 2.52. The fraction of sp³-hybridized carbons (Fsp3) is 0.360. The number of benzene rings is 2. The zero-order valence-electron chi connectivity index (χ0n) is 18.9. The van der Waals surface area contributed by atoms with Gasteiger partial charge in [-0.25, -0.2) is 14.5 Å². The molecular formula is C25H27NO7. The third kappa shape index (κ3) is 6.41. The monoisotopic (exact) mass is 453 g/mol. The molecule has 1 aliphatic rings. The molecule has 1 unspecified atom stereocenters. The molecule has 8 nitrogen and oxygen atoms in total. The van der Waals surface area contributed by atoms with Crippen LogP contribution in [-0.4, -0.2) is 40.5 Å². The van der Waals surface area contributed by atoms with Crippen molar-refractivity contribution < 1.29 is 33.4 Å². The highest BCUT2D eigenvalue weighted by atomic mass is 16.6. The molecule has 2 atom stereocenters. The van der Waals surface area contributed by atoms with Gasteiger partial charge in [0, 0.05) is 6.42 Å². The predicted octanol–water partition coefficient (Wildman–Crippen LogP) is 3.63. The number of hydrogen-bond donors (Lipinski definition) is 0. The van der Waals surface area contributed by atoms with E-state index in [-0.39, 0.29) is 19.6 Å². The van der Waals surface area contributed by atoms with Gasteiger partial charge in [0.15, 0.2) is 0 Å². The first-order valence-corrected chi connectivity index (χ1v) is 10.6. The van der Waals surface area contributed by atoms with Crippen molar-refractivity contribution >= 4 is 23.9 Å². The number of nitrogens with zero attached hydrogens (tertiary/aromatic N) is 1. The highest BCUT2D eigenvalue weighted by Crippen LogP contribution is 2.29. The molecule has 33 heavy (non-hydrogen) atoms. The van der Waals surface area contributed by atoms with Crippen molar-refractivity contribution in [3.63, 3.8) is 0 Å². The summed E-state index contributed by atoms with van der Waals surface area (Å²) in [6.45, 7) is 4.86. The van der Waals surface area contributed by atoms with Crippen LogP contribution >= 0.6 is 0 Å². The summed E-state index contributed by atoms with van der Waals surface area (Å²) in [6.07, 6.45) is -1.24. The predicted molar refractivity (Wildman–Crippen MR) is 117 cm³/mol. The van der Waals surface area contributed by atoms with E-state index < -0.39 is 41.5 Å². The Morgan fingerprint density at radius 3 is 1.82 bits per heavy atom. The molecule has 1 saturated heterocycles. The maximum absolute atomic E-state index is 13.0. The van der Waals surface area contributed by atoms with Gasteiger partial charge in [0.05, 0.1) is 0 Å². The lowest BCUT2D eigenvalue weighted by Crippen LogP contribution is -2.46. The number of ether oxygens (including phenoxy) is 3. The van der Waals surface area contributed by atoms with Crippen molar-refractivity contribution in [3.05, 3.63) is 71.8 Å². The average Bonchev–Trinajstić information content (AvgIpc) is 3.13. The number of rotatable bonds is 6. The smallest absolute Gasteiger partial charge is 0.417 e. The second-order valence-electron chi connectivity index (χ2n) is 8.68. The van der Waals surface area contributed by atoms with Crippen molar-refractivity contribution in [2.45, 2.75) is 52.0 Å². The zero-order valence-corrected chi connectivity index (χ0v) is 18.9. The molecule has 1 aliphatic heterocycles. The fourth-order valence-electron chi connectivity index (χ4n) is 3.33. The molecule has 0 aromatic heterocycles. The van der Waals surface area contributed by atoms with Crippen molar-refractivity contribution in [2.75, 3.05) is 0 Å². The number of likely N-dealkylation sites (tertiary alicyclic amines) is 1. The molecule has 0 N–H and O–H groups in total. The first-order valence-electron chi connectivity index (χ1n) is 10.6. The topological polar surface area (TPSA) is 99.2 Å². The van der Waals surface area contributed by atoms with Crippen molar-refractivity contribution in [1.29, 1.82) is 0 Å². The van der Waals surface area contributed by atoms with E-state index in [2.05, 4.69) is 0 Å². The Hall–Kier alpha value is -3.68. The van der Waals surface area contributed by atoms with E-state index in [1.54, 1.807) is 69.3 Å². The lowest BCUT2D eigenvalue weighted by Gasteiger charge is -2.26. The van der Waals surface area contributed by atoms with E-state index in [1.165, 1.54) is 0 Å². The Morgan fingerprint density at radius 1 is 0.848 bits per heavy atom. The second kappa shape index (κ2) is 10.3. The Bertz CT molecular complexity index is 998. The van der Waals surface area contributed by atoms with Gasteiger partial charge in [-0.1, -0.05) is 60.7 Å². The van der Waals surface area contributed by atoms with Crippen LogP contribution in [0, 0.1) is 5.92 Å². The molecule has 8 heteroatoms. The Balaban J connectivity index is 1.73. The lowest BCUT2D eigenvalue weighted by atomic mass is 10.1. The molecule has 0 spiro atoms. The summed E-state index contributed by atoms with van der Waals surface area (Å²) >= 11 is 0. The van der Waals surface area contributed by atoms with Crippen LogP contribution in [0.3, 0.4) is 0 Å². The molecule has 2 amide bonds. The van der Waals surface area contributed by atoms with Gasteiger partial charge in [-0.2, -0.15) is 0 Å². The maximum atomic E-state index is 13.0. The van der Waals surface area contributed by atoms with E-state index in [4.69, 9.17) is 14.2 Å². The minimum Gasteiger partial charge on any atom is -0.460 e. The largest absolute Gasteiger partial charge is 0.460 e. The van der Waals surface area contributed by atoms with E-state index in [0.29, 0.717) is 4.90 Å². The van der Waals surface area contributed by atoms with Gasteiger partial charge in [-0.15, -0.1) is 0 Å². The summed E-state index contributed by atoms with van der Waals surface area (Å²) in [4.78, 5) is 51.9. The van der Waals surface area contributed by atoms with E-state index in [1.807, 2.05) is 12.1 Å². The van der Waals surface area contributed by atoms with Crippen LogP contribution in [0.5, 0.6) is 0 Å². The summed E-state index contributed by atoms with van der Waals surface area (Å²) < 4.78 is 15.9. The number of amides is 2. The Kier molecular flexibility index (Phi) is 7.48. The Morgan fingerprint density at radius 2 is 1.33 bits per heavy atom. The minimum absolute atomic E-state index is 0.0288. The van der Waals surface area contributed by atoms with Crippen LogP contribution in [0.4, 0.5) is 4.79 Å². The lowest BCUT2D eigenvalue weighted by molar-refractivity contribution is -0.155. The van der Waals surface area contributed by atoms with Gasteiger partial charge in [0.2, 0.25) is 5.91 Å². The molecule has 2 aromatic carbocycles. The first-order chi connectivity index (χ1) is 15.7. The first kappa shape index (κ1) is 24.0. The molecule has 0 bridgehead atoms. The normalized spacial score (nSPS) is 18.0. The van der Waals surface area contributed by atoms with Crippen LogP contribution in [0.15, 0.2) is 60.7 Å². The molecule has 2 aromatic rings. The second-order valence-corrected chi connectivity index (χ2v) is 8.68. The number of hydrogen-bond acceptors (Lipinski definition) is 7. The number of imide groups is 1. The van der Waals surface area contributed by atoms with E-state index >= 15 is 0 Å². The van der Waals surface area contributed by atoms with Gasteiger partial charge < -0.3 is 14.2 Å². The molecule has 174 valence electrons. The number of carbonyl (C=O) groups is 4. The van der Waals surface area contributed by atoms with Gasteiger partial charge in [0.25, 0.3) is 0 Å². The summed E-state index contributed by atoms with van der Waals surface area (Å²) in [5.74, 6) is -3.76. The summed E-state index contributed by atoms with van der Waals surface area (Å²) in [7, 11) is 0. The third-order valence-corrected chi connectivity index (χ3v) is 4.90. The molecule has 0 saturated carbocycles. The van der Waals surface area contributed by atoms with Gasteiger partial charge in [0.1, 0.15) is 30.8 Å². The molecule has 0 aliphatic carbocycles.